The van der Waals surface area contributed by atoms with Crippen molar-refractivity contribution in [2.45, 2.75) is 109 Å². The molecule has 0 fully saturated rings. The molecule has 0 radical (unpaired) electrons. The molecule has 0 spiro atoms. The molecule has 150 valence electrons. The summed E-state index contributed by atoms with van der Waals surface area (Å²) in [4.78, 5) is 11.5. The van der Waals surface area contributed by atoms with Crippen molar-refractivity contribution in [1.29, 1.82) is 0 Å². The Morgan fingerprint density at radius 2 is 1.23 bits per heavy atom. The first-order chi connectivity index (χ1) is 11.9. The zero-order valence-corrected chi connectivity index (χ0v) is 20.1. The molecule has 1 atom stereocenters. The van der Waals surface area contributed by atoms with Gasteiger partial charge in [-0.15, -0.1) is 0 Å². The Morgan fingerprint density at radius 1 is 0.846 bits per heavy atom. The van der Waals surface area contributed by atoms with Crippen molar-refractivity contribution in [1.82, 2.24) is 0 Å². The fourth-order valence-electron chi connectivity index (χ4n) is 2.66. The van der Waals surface area contributed by atoms with E-state index in [0.717, 1.165) is 12.8 Å². The molecule has 5 nitrogen and oxygen atoms in total. The molecule has 0 saturated heterocycles. The van der Waals surface area contributed by atoms with Crippen LogP contribution >= 0.6 is 0 Å². The first-order valence-corrected chi connectivity index (χ1v) is 11.6. The van der Waals surface area contributed by atoms with Crippen molar-refractivity contribution in [2.24, 2.45) is 5.73 Å². The maximum absolute atomic E-state index is 11.6. The van der Waals surface area contributed by atoms with E-state index in [9.17, 15) is 13.2 Å². The smallest absolute Gasteiger partial charge is 0.345 e. The SMILES string of the molecule is CCCCCCCCCCCCCCCC(=O)OS(=O)(=O)C(C)CN.[Na+]. The largest absolute Gasteiger partial charge is 1.00 e. The molecule has 0 aromatic carbocycles. The van der Waals surface area contributed by atoms with Crippen LogP contribution in [0.4, 0.5) is 0 Å². The van der Waals surface area contributed by atoms with Gasteiger partial charge in [0.15, 0.2) is 0 Å². The third kappa shape index (κ3) is 16.5. The Kier molecular flexibility index (Phi) is 20.6. The number of hydrogen-bond donors (Lipinski definition) is 1. The van der Waals surface area contributed by atoms with Crippen molar-refractivity contribution in [3.05, 3.63) is 0 Å². The van der Waals surface area contributed by atoms with Crippen molar-refractivity contribution >= 4 is 16.1 Å². The third-order valence-electron chi connectivity index (χ3n) is 4.52. The van der Waals surface area contributed by atoms with Gasteiger partial charge in [0.05, 0.1) is 0 Å². The maximum Gasteiger partial charge on any atom is 1.00 e. The number of carbonyl (C=O) groups excluding carboxylic acids is 1. The minimum atomic E-state index is -3.85. The Bertz CT molecular complexity index is 429. The molecular formula is C19H39NNaO4S+. The zero-order chi connectivity index (χ0) is 19.0. The number of hydrogen-bond acceptors (Lipinski definition) is 5. The second-order valence-corrected chi connectivity index (χ2v) is 8.94. The van der Waals surface area contributed by atoms with Gasteiger partial charge in [-0.3, -0.25) is 4.79 Å². The van der Waals surface area contributed by atoms with Gasteiger partial charge in [-0.2, -0.15) is 8.42 Å². The number of unbranched alkanes of at least 4 members (excludes halogenated alkanes) is 12. The molecule has 0 amide bonds. The van der Waals surface area contributed by atoms with Crippen LogP contribution in [0.15, 0.2) is 0 Å². The van der Waals surface area contributed by atoms with Crippen LogP contribution in [0.1, 0.15) is 104 Å². The van der Waals surface area contributed by atoms with E-state index in [0.29, 0.717) is 6.42 Å². The molecule has 1 unspecified atom stereocenters. The summed E-state index contributed by atoms with van der Waals surface area (Å²) in [5.41, 5.74) is 5.29. The molecule has 0 aliphatic heterocycles. The number of carbonyl (C=O) groups is 1. The van der Waals surface area contributed by atoms with Crippen LogP contribution in [-0.4, -0.2) is 26.2 Å². The normalized spacial score (nSPS) is 12.4. The van der Waals surface area contributed by atoms with E-state index in [4.69, 9.17) is 5.73 Å². The van der Waals surface area contributed by atoms with Gasteiger partial charge in [-0.25, -0.2) is 0 Å². The fourth-order valence-corrected chi connectivity index (χ4v) is 3.40. The molecule has 0 saturated carbocycles. The van der Waals surface area contributed by atoms with Crippen LogP contribution in [0.5, 0.6) is 0 Å². The van der Waals surface area contributed by atoms with Crippen molar-refractivity contribution in [3.8, 4) is 0 Å². The summed E-state index contributed by atoms with van der Waals surface area (Å²) in [6, 6.07) is 0. The Balaban J connectivity index is 0. The summed E-state index contributed by atoms with van der Waals surface area (Å²) in [6.07, 6.45) is 16.1. The Labute approximate surface area is 183 Å². The summed E-state index contributed by atoms with van der Waals surface area (Å²) in [5.74, 6) is -0.664. The van der Waals surface area contributed by atoms with Gasteiger partial charge in [0, 0.05) is 13.0 Å². The summed E-state index contributed by atoms with van der Waals surface area (Å²) < 4.78 is 27.7. The predicted octanol–water partition coefficient (Wildman–Crippen LogP) is 1.69. The van der Waals surface area contributed by atoms with Crippen LogP contribution in [0.3, 0.4) is 0 Å². The van der Waals surface area contributed by atoms with Crippen molar-refractivity contribution < 1.29 is 47.0 Å². The molecule has 7 heteroatoms. The predicted molar refractivity (Wildman–Crippen MR) is 104 cm³/mol. The molecule has 2 N–H and O–H groups in total. The Morgan fingerprint density at radius 3 is 1.62 bits per heavy atom. The van der Waals surface area contributed by atoms with E-state index in [1.54, 1.807) is 0 Å². The third-order valence-corrected chi connectivity index (χ3v) is 6.11. The molecule has 26 heavy (non-hydrogen) atoms. The van der Waals surface area contributed by atoms with Crippen molar-refractivity contribution in [2.75, 3.05) is 6.54 Å². The van der Waals surface area contributed by atoms with Crippen LogP contribution in [-0.2, 0) is 19.1 Å². The van der Waals surface area contributed by atoms with Gasteiger partial charge < -0.3 is 9.92 Å². The van der Waals surface area contributed by atoms with E-state index < -0.39 is 21.3 Å². The average Bonchev–Trinajstić information content (AvgIpc) is 2.57. The summed E-state index contributed by atoms with van der Waals surface area (Å²) in [7, 11) is -3.85. The first-order valence-electron chi connectivity index (χ1n) is 10.1. The van der Waals surface area contributed by atoms with E-state index >= 15 is 0 Å². The molecule has 0 aromatic heterocycles. The monoisotopic (exact) mass is 400 g/mol. The second kappa shape index (κ2) is 18.7. The molecule has 0 aliphatic carbocycles. The molecule has 0 rings (SSSR count). The molecule has 0 bridgehead atoms. The van der Waals surface area contributed by atoms with E-state index in [-0.39, 0.29) is 42.5 Å². The second-order valence-electron chi connectivity index (χ2n) is 6.99. The quantitative estimate of drug-likeness (QED) is 0.228. The van der Waals surface area contributed by atoms with Gasteiger partial charge in [0.1, 0.15) is 5.25 Å². The van der Waals surface area contributed by atoms with E-state index in [1.165, 1.54) is 71.1 Å². The van der Waals surface area contributed by atoms with Crippen LogP contribution in [0, 0.1) is 0 Å². The van der Waals surface area contributed by atoms with Crippen LogP contribution < -0.4 is 35.3 Å². The standard InChI is InChI=1S/C19H39NO4S.Na/c1-3-4-5-6-7-8-9-10-11-12-13-14-15-16-19(21)24-25(22,23)18(2)17-20;/h18H,3-17,20H2,1-2H3;/q;+1. The van der Waals surface area contributed by atoms with Crippen LogP contribution in [0.2, 0.25) is 0 Å². The minimum Gasteiger partial charge on any atom is -0.345 e. The fraction of sp³-hybridized carbons (Fsp3) is 0.947. The zero-order valence-electron chi connectivity index (χ0n) is 17.3. The van der Waals surface area contributed by atoms with Crippen LogP contribution in [0.25, 0.3) is 0 Å². The summed E-state index contributed by atoms with van der Waals surface area (Å²) >= 11 is 0. The van der Waals surface area contributed by atoms with Gasteiger partial charge in [0.25, 0.3) is 0 Å². The van der Waals surface area contributed by atoms with E-state index in [2.05, 4.69) is 11.1 Å². The molecule has 0 aliphatic rings. The summed E-state index contributed by atoms with van der Waals surface area (Å²) in [6.45, 7) is 3.63. The topological polar surface area (TPSA) is 86.5 Å². The van der Waals surface area contributed by atoms with E-state index in [1.807, 2.05) is 0 Å². The summed E-state index contributed by atoms with van der Waals surface area (Å²) in [5, 5.41) is -0.844. The van der Waals surface area contributed by atoms with Crippen molar-refractivity contribution in [3.63, 3.8) is 0 Å². The molecule has 0 aromatic rings. The average molecular weight is 401 g/mol. The van der Waals surface area contributed by atoms with Gasteiger partial charge >= 0.3 is 45.6 Å². The van der Waals surface area contributed by atoms with Gasteiger partial charge in [0.2, 0.25) is 0 Å². The van der Waals surface area contributed by atoms with Gasteiger partial charge in [-0.1, -0.05) is 84.0 Å². The molecule has 0 heterocycles. The number of rotatable bonds is 17. The Hall–Kier alpha value is 0.380. The maximum atomic E-state index is 11.6. The molecular weight excluding hydrogens is 361 g/mol. The minimum absolute atomic E-state index is 0. The first kappa shape index (κ1) is 28.6. The van der Waals surface area contributed by atoms with Gasteiger partial charge in [-0.05, 0) is 13.3 Å². The number of nitrogens with two attached hydrogens (primary N) is 1.